The molecule has 0 unspecified atom stereocenters. The standard InChI is InChI=1S/C17H15BrF2N2O3S/c18-15-6-5-14(11-16(15)20)26(24,25)22-9-7-21(8-10-22)17(23)12-1-3-13(19)4-2-12/h1-6,11H,7-10H2. The summed E-state index contributed by atoms with van der Waals surface area (Å²) >= 11 is 2.99. The lowest BCUT2D eigenvalue weighted by Gasteiger charge is -2.34. The first-order chi connectivity index (χ1) is 12.3. The second kappa shape index (κ2) is 7.42. The third-order valence-electron chi connectivity index (χ3n) is 4.15. The third-order valence-corrected chi connectivity index (χ3v) is 6.68. The molecule has 1 aliphatic heterocycles. The SMILES string of the molecule is O=C(c1ccc(F)cc1)N1CCN(S(=O)(=O)c2ccc(Br)c(F)c2)CC1. The molecule has 0 bridgehead atoms. The molecule has 0 radical (unpaired) electrons. The highest BCUT2D eigenvalue weighted by molar-refractivity contribution is 9.10. The number of sulfonamides is 1. The lowest BCUT2D eigenvalue weighted by molar-refractivity contribution is 0.0698. The second-order valence-corrected chi connectivity index (χ2v) is 8.57. The maximum Gasteiger partial charge on any atom is 0.253 e. The third kappa shape index (κ3) is 3.79. The van der Waals surface area contributed by atoms with Gasteiger partial charge in [-0.3, -0.25) is 4.79 Å². The fraction of sp³-hybridized carbons (Fsp3) is 0.235. The van der Waals surface area contributed by atoms with Crippen molar-refractivity contribution in [3.63, 3.8) is 0 Å². The number of piperazine rings is 1. The Bertz CT molecular complexity index is 928. The highest BCUT2D eigenvalue weighted by Crippen LogP contribution is 2.23. The van der Waals surface area contributed by atoms with Gasteiger partial charge >= 0.3 is 0 Å². The first kappa shape index (κ1) is 18.9. The van der Waals surface area contributed by atoms with Crippen molar-refractivity contribution in [1.29, 1.82) is 0 Å². The van der Waals surface area contributed by atoms with Crippen LogP contribution in [0.25, 0.3) is 0 Å². The van der Waals surface area contributed by atoms with Gasteiger partial charge in [-0.15, -0.1) is 0 Å². The minimum atomic E-state index is -3.84. The highest BCUT2D eigenvalue weighted by Gasteiger charge is 2.30. The molecule has 3 rings (SSSR count). The lowest BCUT2D eigenvalue weighted by atomic mass is 10.2. The van der Waals surface area contributed by atoms with E-state index < -0.39 is 21.7 Å². The normalized spacial score (nSPS) is 15.9. The van der Waals surface area contributed by atoms with Gasteiger partial charge in [-0.2, -0.15) is 4.31 Å². The zero-order valence-corrected chi connectivity index (χ0v) is 15.9. The summed E-state index contributed by atoms with van der Waals surface area (Å²) in [4.78, 5) is 13.8. The molecule has 9 heteroatoms. The van der Waals surface area contributed by atoms with Crippen LogP contribution in [0, 0.1) is 11.6 Å². The number of hydrogen-bond donors (Lipinski definition) is 0. The van der Waals surface area contributed by atoms with Gasteiger partial charge in [0.1, 0.15) is 11.6 Å². The topological polar surface area (TPSA) is 57.7 Å². The van der Waals surface area contributed by atoms with Gasteiger partial charge in [0.15, 0.2) is 0 Å². The van der Waals surface area contributed by atoms with Crippen LogP contribution < -0.4 is 0 Å². The molecular weight excluding hydrogens is 430 g/mol. The molecule has 138 valence electrons. The van der Waals surface area contributed by atoms with Crippen molar-refractivity contribution in [2.45, 2.75) is 4.90 Å². The summed E-state index contributed by atoms with van der Waals surface area (Å²) in [6.45, 7) is 0.614. The molecule has 2 aromatic rings. The van der Waals surface area contributed by atoms with Crippen molar-refractivity contribution < 1.29 is 22.0 Å². The Morgan fingerprint density at radius 2 is 1.58 bits per heavy atom. The van der Waals surface area contributed by atoms with Crippen LogP contribution >= 0.6 is 15.9 Å². The summed E-state index contributed by atoms with van der Waals surface area (Å²) in [5.74, 6) is -1.37. The van der Waals surface area contributed by atoms with E-state index in [1.165, 1.54) is 45.6 Å². The van der Waals surface area contributed by atoms with Crippen LogP contribution in [-0.4, -0.2) is 49.7 Å². The first-order valence-electron chi connectivity index (χ1n) is 7.79. The molecule has 0 N–H and O–H groups in total. The fourth-order valence-electron chi connectivity index (χ4n) is 2.69. The van der Waals surface area contributed by atoms with E-state index in [0.717, 1.165) is 6.07 Å². The maximum absolute atomic E-state index is 13.7. The second-order valence-electron chi connectivity index (χ2n) is 5.78. The number of nitrogens with zero attached hydrogens (tertiary/aromatic N) is 2. The summed E-state index contributed by atoms with van der Waals surface area (Å²) in [6, 6.07) is 8.84. The van der Waals surface area contributed by atoms with E-state index in [-0.39, 0.29) is 41.5 Å². The molecule has 26 heavy (non-hydrogen) atoms. The smallest absolute Gasteiger partial charge is 0.253 e. The summed E-state index contributed by atoms with van der Waals surface area (Å²) in [5.41, 5.74) is 0.345. The molecule has 0 saturated carbocycles. The molecule has 0 aromatic heterocycles. The average molecular weight is 445 g/mol. The van der Waals surface area contributed by atoms with Crippen LogP contribution in [0.2, 0.25) is 0 Å². The molecule has 0 atom stereocenters. The predicted molar refractivity (Wildman–Crippen MR) is 95.2 cm³/mol. The van der Waals surface area contributed by atoms with Gasteiger partial charge in [0, 0.05) is 31.7 Å². The number of carbonyl (C=O) groups excluding carboxylic acids is 1. The minimum Gasteiger partial charge on any atom is -0.336 e. The van der Waals surface area contributed by atoms with Gasteiger partial charge in [0.05, 0.1) is 9.37 Å². The molecule has 0 aliphatic carbocycles. The molecule has 1 amide bonds. The van der Waals surface area contributed by atoms with Crippen LogP contribution in [0.5, 0.6) is 0 Å². The van der Waals surface area contributed by atoms with E-state index in [1.807, 2.05) is 0 Å². The summed E-state index contributed by atoms with van der Waals surface area (Å²) < 4.78 is 53.3. The molecule has 1 fully saturated rings. The number of hydrogen-bond acceptors (Lipinski definition) is 3. The Balaban J connectivity index is 1.70. The van der Waals surface area contributed by atoms with Crippen molar-refractivity contribution in [3.05, 3.63) is 64.1 Å². The van der Waals surface area contributed by atoms with E-state index >= 15 is 0 Å². The number of carbonyl (C=O) groups is 1. The van der Waals surface area contributed by atoms with Crippen LogP contribution in [0.15, 0.2) is 51.8 Å². The monoisotopic (exact) mass is 444 g/mol. The number of halogens is 3. The van der Waals surface area contributed by atoms with Crippen LogP contribution in [0.1, 0.15) is 10.4 Å². The number of benzene rings is 2. The summed E-state index contributed by atoms with van der Waals surface area (Å²) in [5, 5.41) is 0. The summed E-state index contributed by atoms with van der Waals surface area (Å²) in [7, 11) is -3.84. The first-order valence-corrected chi connectivity index (χ1v) is 10.0. The Morgan fingerprint density at radius 3 is 2.15 bits per heavy atom. The number of rotatable bonds is 3. The van der Waals surface area contributed by atoms with Crippen molar-refractivity contribution in [3.8, 4) is 0 Å². The van der Waals surface area contributed by atoms with Gasteiger partial charge in [-0.05, 0) is 58.4 Å². The van der Waals surface area contributed by atoms with E-state index in [1.54, 1.807) is 0 Å². The molecule has 5 nitrogen and oxygen atoms in total. The van der Waals surface area contributed by atoms with Gasteiger partial charge in [-0.1, -0.05) is 0 Å². The van der Waals surface area contributed by atoms with Crippen molar-refractivity contribution in [2.24, 2.45) is 0 Å². The predicted octanol–water partition coefficient (Wildman–Crippen LogP) is 2.87. The molecule has 1 heterocycles. The average Bonchev–Trinajstić information content (AvgIpc) is 2.64. The molecular formula is C17H15BrF2N2O3S. The van der Waals surface area contributed by atoms with Crippen LogP contribution in [0.4, 0.5) is 8.78 Å². The zero-order valence-electron chi connectivity index (χ0n) is 13.5. The molecule has 1 aliphatic rings. The van der Waals surface area contributed by atoms with Gasteiger partial charge in [0.2, 0.25) is 10.0 Å². The number of amides is 1. The van der Waals surface area contributed by atoms with Gasteiger partial charge in [0.25, 0.3) is 5.91 Å². The van der Waals surface area contributed by atoms with E-state index in [4.69, 9.17) is 0 Å². The minimum absolute atomic E-state index is 0.104. The quantitative estimate of drug-likeness (QED) is 0.731. The Morgan fingerprint density at radius 1 is 0.962 bits per heavy atom. The molecule has 0 spiro atoms. The Hall–Kier alpha value is -1.84. The highest BCUT2D eigenvalue weighted by atomic mass is 79.9. The Labute approximate surface area is 158 Å². The zero-order chi connectivity index (χ0) is 18.9. The van der Waals surface area contributed by atoms with Crippen LogP contribution in [-0.2, 0) is 10.0 Å². The van der Waals surface area contributed by atoms with Crippen molar-refractivity contribution in [2.75, 3.05) is 26.2 Å². The van der Waals surface area contributed by atoms with Gasteiger partial charge < -0.3 is 4.90 Å². The van der Waals surface area contributed by atoms with E-state index in [9.17, 15) is 22.0 Å². The van der Waals surface area contributed by atoms with Crippen molar-refractivity contribution >= 4 is 31.9 Å². The van der Waals surface area contributed by atoms with Gasteiger partial charge in [-0.25, -0.2) is 17.2 Å². The lowest BCUT2D eigenvalue weighted by Crippen LogP contribution is -2.50. The molecule has 2 aromatic carbocycles. The van der Waals surface area contributed by atoms with Crippen molar-refractivity contribution in [1.82, 2.24) is 9.21 Å². The Kier molecular flexibility index (Phi) is 5.40. The van der Waals surface area contributed by atoms with E-state index in [0.29, 0.717) is 5.56 Å². The van der Waals surface area contributed by atoms with E-state index in [2.05, 4.69) is 15.9 Å². The summed E-state index contributed by atoms with van der Waals surface area (Å²) in [6.07, 6.45) is 0. The van der Waals surface area contributed by atoms with Crippen LogP contribution in [0.3, 0.4) is 0 Å². The molecule has 1 saturated heterocycles. The largest absolute Gasteiger partial charge is 0.336 e. The fourth-order valence-corrected chi connectivity index (χ4v) is 4.37. The maximum atomic E-state index is 13.7.